The molecule has 392 valence electrons. The predicted octanol–water partition coefficient (Wildman–Crippen LogP) is 5.39. The number of ether oxygens (including phenoxy) is 2. The molecule has 18 nitrogen and oxygen atoms in total. The van der Waals surface area contributed by atoms with Crippen LogP contribution in [0.3, 0.4) is 0 Å². The van der Waals surface area contributed by atoms with Crippen molar-refractivity contribution in [3.63, 3.8) is 0 Å². The fraction of sp³-hybridized carbons (Fsp3) is 0.200. The molecule has 0 saturated carbocycles. The molecule has 4 aromatic carbocycles. The van der Waals surface area contributed by atoms with Crippen LogP contribution in [0, 0.1) is 0 Å². The van der Waals surface area contributed by atoms with Gasteiger partial charge in [-0.3, -0.25) is 4.79 Å². The van der Waals surface area contributed by atoms with Crippen molar-refractivity contribution in [1.29, 1.82) is 0 Å². The Kier molecular flexibility index (Phi) is 31.9. The molecule has 0 amide bonds. The van der Waals surface area contributed by atoms with Crippen molar-refractivity contribution in [2.45, 2.75) is 54.6 Å². The van der Waals surface area contributed by atoms with Crippen LogP contribution in [0.25, 0.3) is 31.7 Å². The van der Waals surface area contributed by atoms with Crippen LogP contribution in [-0.2, 0) is 35.9 Å². The number of hydrogen-bond acceptors (Lipinski definition) is 21. The maximum Gasteiger partial charge on any atom is 1.00 e. The molecular weight excluding hydrogens is 1110 g/mol. The van der Waals surface area contributed by atoms with Gasteiger partial charge < -0.3 is 50.5 Å². The number of Topliss-reactive ketones (excluding diaryl/α,β-unsaturated/α-hetero) is 1. The number of carbonyl (C=O) groups excluding carboxylic acids is 3. The maximum atomic E-state index is 11.5. The number of carboxylic acids is 1. The summed E-state index contributed by atoms with van der Waals surface area (Å²) in [4.78, 5) is 60.7. The van der Waals surface area contributed by atoms with E-state index in [0.717, 1.165) is 38.4 Å². The molecule has 0 aliphatic rings. The first-order valence-corrected chi connectivity index (χ1v) is 25.7. The Balaban J connectivity index is 0.000000470. The van der Waals surface area contributed by atoms with E-state index < -0.39 is 19.1 Å². The zero-order valence-electron chi connectivity index (χ0n) is 40.2. The van der Waals surface area contributed by atoms with Crippen LogP contribution >= 0.6 is 61.3 Å². The predicted molar refractivity (Wildman–Crippen MR) is 290 cm³/mol. The van der Waals surface area contributed by atoms with Crippen LogP contribution in [0.4, 0.5) is 0 Å². The SMILES string of the molecule is C.CC(=O)c1csc(-c2ccccc2CO)n1.CCOC(=O)c1csc(-c2ccccc2CO)n1.CCOC(=O)c1csc(Br)n1.O=C(O)c1csc(-c2ccccc2CO)n1.OCc1ccccc1B(O)O.[Li+].[OH-]. The van der Waals surface area contributed by atoms with Crippen molar-refractivity contribution in [3.05, 3.63) is 168 Å². The molecule has 0 bridgehead atoms. The zero-order valence-corrected chi connectivity index (χ0v) is 45.0. The van der Waals surface area contributed by atoms with Crippen molar-refractivity contribution < 1.29 is 88.6 Å². The number of carbonyl (C=O) groups is 4. The second-order valence-corrected chi connectivity index (χ2v) is 18.8. The molecule has 4 aromatic heterocycles. The van der Waals surface area contributed by atoms with E-state index in [1.807, 2.05) is 66.7 Å². The molecule has 0 aliphatic carbocycles. The molecule has 0 saturated heterocycles. The Bertz CT molecular complexity index is 2910. The van der Waals surface area contributed by atoms with E-state index in [9.17, 15) is 29.4 Å². The molecule has 8 rings (SSSR count). The number of hydrogen-bond donors (Lipinski definition) is 7. The Labute approximate surface area is 469 Å². The molecule has 8 N–H and O–H groups in total. The van der Waals surface area contributed by atoms with Crippen LogP contribution in [0.15, 0.2) is 122 Å². The molecular formula is C50H53BBrLiN4O14S4. The van der Waals surface area contributed by atoms with Gasteiger partial charge >= 0.3 is 43.9 Å². The normalized spacial score (nSPS) is 9.73. The minimum atomic E-state index is -1.50. The van der Waals surface area contributed by atoms with Gasteiger partial charge in [0, 0.05) is 45.1 Å². The number of aliphatic hydroxyl groups is 4. The van der Waals surface area contributed by atoms with Gasteiger partial charge in [0.15, 0.2) is 26.8 Å². The largest absolute Gasteiger partial charge is 1.00 e. The number of nitrogens with zero attached hydrogens (tertiary/aromatic N) is 4. The molecule has 0 unspecified atom stereocenters. The van der Waals surface area contributed by atoms with Crippen LogP contribution in [-0.4, -0.2) is 105 Å². The molecule has 0 fully saturated rings. The van der Waals surface area contributed by atoms with E-state index >= 15 is 0 Å². The van der Waals surface area contributed by atoms with Gasteiger partial charge in [-0.05, 0) is 57.5 Å². The Hall–Kier alpha value is -5.66. The maximum absolute atomic E-state index is 11.5. The summed E-state index contributed by atoms with van der Waals surface area (Å²) in [5.74, 6) is -1.86. The van der Waals surface area contributed by atoms with Crippen molar-refractivity contribution >= 4 is 97.5 Å². The number of ketones is 1. The quantitative estimate of drug-likeness (QED) is 0.0408. The molecule has 8 aromatic rings. The fourth-order valence-electron chi connectivity index (χ4n) is 5.83. The Morgan fingerprint density at radius 1 is 0.533 bits per heavy atom. The van der Waals surface area contributed by atoms with E-state index in [-0.39, 0.29) is 75.6 Å². The van der Waals surface area contributed by atoms with Crippen LogP contribution in [0.5, 0.6) is 0 Å². The summed E-state index contributed by atoms with van der Waals surface area (Å²) in [7, 11) is -1.50. The summed E-state index contributed by atoms with van der Waals surface area (Å²) in [5, 5.41) is 71.4. The van der Waals surface area contributed by atoms with Crippen molar-refractivity contribution in [1.82, 2.24) is 19.9 Å². The van der Waals surface area contributed by atoms with E-state index in [0.29, 0.717) is 55.3 Å². The minimum Gasteiger partial charge on any atom is -0.870 e. The van der Waals surface area contributed by atoms with Crippen molar-refractivity contribution in [3.8, 4) is 31.7 Å². The average Bonchev–Trinajstić information content (AvgIpc) is 4.26. The summed E-state index contributed by atoms with van der Waals surface area (Å²) >= 11 is 8.55. The van der Waals surface area contributed by atoms with E-state index in [2.05, 4.69) is 35.9 Å². The second kappa shape index (κ2) is 35.6. The Morgan fingerprint density at radius 3 is 1.19 bits per heavy atom. The topological polar surface area (TPSA) is 310 Å². The van der Waals surface area contributed by atoms with Gasteiger partial charge in [-0.15, -0.1) is 45.3 Å². The number of carboxylic acid groups (broad SMARTS) is 1. The molecule has 75 heavy (non-hydrogen) atoms. The van der Waals surface area contributed by atoms with Crippen LogP contribution in [0.1, 0.15) is 92.4 Å². The average molecular weight is 1160 g/mol. The standard InChI is InChI=1S/C13H13NO3S.C12H11NO2S.C11H9NO3S.C7H9BO3.C6H6BrNO2S.CH4.Li.H2O/c1-2-17-13(16)11-8-18-12(14-11)10-6-4-3-5-9(10)7-15;1-8(15)11-7-16-12(13-11)10-5-3-2-4-9(10)6-14;13-5-7-3-1-2-4-8(7)10-12-9(6-16-10)11(14)15;9-5-6-3-1-2-4-7(6)8(10)11;1-2-10-5(9)4-3-11-6(7)8-4;;;/h3-6,8,15H,2,7H2,1H3;2-5,7,14H,6H2,1H3;1-4,6,13H,5H2,(H,14,15);1-4,9-11H,5H2;3H,2H2,1H3;1H4;;1H2/q;;;;;;+1;/p-1. The van der Waals surface area contributed by atoms with Crippen molar-refractivity contribution in [2.24, 2.45) is 0 Å². The molecule has 4 heterocycles. The van der Waals surface area contributed by atoms with Crippen LogP contribution in [0.2, 0.25) is 0 Å². The van der Waals surface area contributed by atoms with Gasteiger partial charge in [-0.25, -0.2) is 34.3 Å². The number of benzene rings is 4. The fourth-order valence-corrected chi connectivity index (χ4v) is 9.43. The number of aromatic carboxylic acids is 1. The first kappa shape index (κ1) is 67.4. The monoisotopic (exact) mass is 1160 g/mol. The summed E-state index contributed by atoms with van der Waals surface area (Å²) in [6, 6.07) is 28.8. The van der Waals surface area contributed by atoms with Gasteiger partial charge in [-0.2, -0.15) is 0 Å². The third kappa shape index (κ3) is 20.8. The first-order valence-electron chi connectivity index (χ1n) is 21.4. The number of aliphatic hydroxyl groups excluding tert-OH is 4. The summed E-state index contributed by atoms with van der Waals surface area (Å²) in [5.41, 5.74) is 6.97. The Morgan fingerprint density at radius 2 is 0.867 bits per heavy atom. The van der Waals surface area contributed by atoms with Gasteiger partial charge in [0.05, 0.1) is 39.6 Å². The molecule has 25 heteroatoms. The molecule has 0 radical (unpaired) electrons. The van der Waals surface area contributed by atoms with Gasteiger partial charge in [0.25, 0.3) is 0 Å². The van der Waals surface area contributed by atoms with E-state index in [1.54, 1.807) is 60.3 Å². The number of thiazole rings is 4. The zero-order chi connectivity index (χ0) is 52.6. The second-order valence-electron chi connectivity index (χ2n) is 14.1. The summed E-state index contributed by atoms with van der Waals surface area (Å²) < 4.78 is 10.3. The van der Waals surface area contributed by atoms with E-state index in [4.69, 9.17) is 34.8 Å². The number of aromatic nitrogens is 4. The van der Waals surface area contributed by atoms with Gasteiger partial charge in [-0.1, -0.05) is 104 Å². The third-order valence-electron chi connectivity index (χ3n) is 9.30. The third-order valence-corrected chi connectivity index (χ3v) is 13.3. The van der Waals surface area contributed by atoms with Gasteiger partial charge in [0.2, 0.25) is 0 Å². The minimum absolute atomic E-state index is 0. The summed E-state index contributed by atoms with van der Waals surface area (Å²) in [6.45, 7) is 5.40. The summed E-state index contributed by atoms with van der Waals surface area (Å²) in [6.07, 6.45) is 0. The van der Waals surface area contributed by atoms with Gasteiger partial charge in [0.1, 0.15) is 20.7 Å². The molecule has 0 atom stereocenters. The molecule has 0 aliphatic heterocycles. The smallest absolute Gasteiger partial charge is 0.870 e. The number of rotatable bonds is 14. The number of halogens is 1. The van der Waals surface area contributed by atoms with Crippen LogP contribution < -0.4 is 24.3 Å². The van der Waals surface area contributed by atoms with Crippen molar-refractivity contribution in [2.75, 3.05) is 13.2 Å². The number of esters is 2. The first-order chi connectivity index (χ1) is 34.7. The van der Waals surface area contributed by atoms with E-state index in [1.165, 1.54) is 57.7 Å². The molecule has 0 spiro atoms.